The maximum atomic E-state index is 12.0. The Bertz CT molecular complexity index is 334. The summed E-state index contributed by atoms with van der Waals surface area (Å²) < 4.78 is 5.42. The van der Waals surface area contributed by atoms with Gasteiger partial charge in [-0.15, -0.1) is 0 Å². The number of rotatable bonds is 2. The Morgan fingerprint density at radius 2 is 2.17 bits per heavy atom. The highest BCUT2D eigenvalue weighted by Gasteiger charge is 2.35. The fourth-order valence-corrected chi connectivity index (χ4v) is 2.65. The van der Waals surface area contributed by atoms with Crippen LogP contribution in [-0.4, -0.2) is 53.3 Å². The Hall–Kier alpha value is -1.30. The van der Waals surface area contributed by atoms with Crippen LogP contribution in [0.1, 0.15) is 32.6 Å². The van der Waals surface area contributed by atoms with Gasteiger partial charge in [0.1, 0.15) is 6.04 Å². The Kier molecular flexibility index (Phi) is 4.06. The molecule has 0 saturated carbocycles. The number of ether oxygens (including phenoxy) is 1. The van der Waals surface area contributed by atoms with Gasteiger partial charge >= 0.3 is 12.0 Å². The lowest BCUT2D eigenvalue weighted by atomic mass is 10.0. The normalized spacial score (nSPS) is 32.3. The van der Waals surface area contributed by atoms with Crippen LogP contribution >= 0.6 is 0 Å². The van der Waals surface area contributed by atoms with E-state index in [-0.39, 0.29) is 18.2 Å². The minimum absolute atomic E-state index is 0.0938. The van der Waals surface area contributed by atoms with Gasteiger partial charge in [0, 0.05) is 19.2 Å². The smallest absolute Gasteiger partial charge is 0.326 e. The molecule has 0 aromatic carbocycles. The van der Waals surface area contributed by atoms with Gasteiger partial charge in [-0.25, -0.2) is 9.59 Å². The first-order valence-corrected chi connectivity index (χ1v) is 6.49. The van der Waals surface area contributed by atoms with Gasteiger partial charge in [0.05, 0.1) is 6.10 Å². The molecule has 6 nitrogen and oxygen atoms in total. The number of carbonyl (C=O) groups excluding carboxylic acids is 1. The lowest BCUT2D eigenvalue weighted by Crippen LogP contribution is -2.50. The van der Waals surface area contributed by atoms with E-state index in [1.165, 1.54) is 4.90 Å². The lowest BCUT2D eigenvalue weighted by Gasteiger charge is -2.30. The number of likely N-dealkylation sites (tertiary alicyclic amines) is 1. The SMILES string of the molecule is CC1CC(NC(=O)N2CCC[C@@H]2C(=O)O)CCO1. The van der Waals surface area contributed by atoms with E-state index >= 15 is 0 Å². The molecule has 0 aromatic rings. The molecule has 2 saturated heterocycles. The van der Waals surface area contributed by atoms with Gasteiger partial charge in [-0.05, 0) is 32.6 Å². The largest absolute Gasteiger partial charge is 0.480 e. The van der Waals surface area contributed by atoms with E-state index in [1.807, 2.05) is 6.92 Å². The molecule has 102 valence electrons. The average molecular weight is 256 g/mol. The van der Waals surface area contributed by atoms with Crippen molar-refractivity contribution >= 4 is 12.0 Å². The number of urea groups is 1. The van der Waals surface area contributed by atoms with Crippen LogP contribution in [0.3, 0.4) is 0 Å². The number of aliphatic carboxylic acids is 1. The van der Waals surface area contributed by atoms with Gasteiger partial charge in [0.25, 0.3) is 0 Å². The van der Waals surface area contributed by atoms with Gasteiger partial charge in [-0.1, -0.05) is 0 Å². The number of hydrogen-bond acceptors (Lipinski definition) is 3. The fraction of sp³-hybridized carbons (Fsp3) is 0.833. The van der Waals surface area contributed by atoms with Crippen LogP contribution in [-0.2, 0) is 9.53 Å². The number of hydrogen-bond donors (Lipinski definition) is 2. The summed E-state index contributed by atoms with van der Waals surface area (Å²) in [5.74, 6) is -0.914. The predicted molar refractivity (Wildman–Crippen MR) is 64.3 cm³/mol. The molecule has 0 spiro atoms. The summed E-state index contributed by atoms with van der Waals surface area (Å²) in [6, 6.07) is -0.822. The highest BCUT2D eigenvalue weighted by atomic mass is 16.5. The fourth-order valence-electron chi connectivity index (χ4n) is 2.65. The van der Waals surface area contributed by atoms with Gasteiger partial charge in [-0.3, -0.25) is 0 Å². The quantitative estimate of drug-likeness (QED) is 0.766. The van der Waals surface area contributed by atoms with Crippen molar-refractivity contribution in [2.45, 2.75) is 50.8 Å². The highest BCUT2D eigenvalue weighted by molar-refractivity contribution is 5.83. The molecule has 2 aliphatic rings. The Labute approximate surface area is 106 Å². The molecule has 0 radical (unpaired) electrons. The van der Waals surface area contributed by atoms with Crippen molar-refractivity contribution in [3.8, 4) is 0 Å². The number of carboxylic acids is 1. The molecule has 6 heteroatoms. The zero-order valence-electron chi connectivity index (χ0n) is 10.6. The van der Waals surface area contributed by atoms with Crippen LogP contribution in [0.25, 0.3) is 0 Å². The number of carbonyl (C=O) groups is 2. The molecule has 3 atom stereocenters. The van der Waals surface area contributed by atoms with Crippen molar-refractivity contribution in [3.05, 3.63) is 0 Å². The second-order valence-corrected chi connectivity index (χ2v) is 5.04. The van der Waals surface area contributed by atoms with Gasteiger partial charge < -0.3 is 20.1 Å². The van der Waals surface area contributed by atoms with E-state index in [0.717, 1.165) is 19.3 Å². The maximum absolute atomic E-state index is 12.0. The summed E-state index contributed by atoms with van der Waals surface area (Å²) in [7, 11) is 0. The minimum Gasteiger partial charge on any atom is -0.480 e. The molecule has 0 aromatic heterocycles. The van der Waals surface area contributed by atoms with Crippen LogP contribution in [0.5, 0.6) is 0 Å². The highest BCUT2D eigenvalue weighted by Crippen LogP contribution is 2.19. The molecule has 0 bridgehead atoms. The summed E-state index contributed by atoms with van der Waals surface area (Å²) in [5, 5.41) is 12.0. The third kappa shape index (κ3) is 2.93. The zero-order valence-corrected chi connectivity index (χ0v) is 10.6. The third-order valence-corrected chi connectivity index (χ3v) is 3.61. The summed E-state index contributed by atoms with van der Waals surface area (Å²) in [6.45, 7) is 3.16. The van der Waals surface area contributed by atoms with Crippen LogP contribution in [0, 0.1) is 0 Å². The number of carboxylic acid groups (broad SMARTS) is 1. The molecular weight excluding hydrogens is 236 g/mol. The number of nitrogens with one attached hydrogen (secondary N) is 1. The molecule has 18 heavy (non-hydrogen) atoms. The maximum Gasteiger partial charge on any atom is 0.326 e. The third-order valence-electron chi connectivity index (χ3n) is 3.61. The Morgan fingerprint density at radius 1 is 1.39 bits per heavy atom. The van der Waals surface area contributed by atoms with Crippen molar-refractivity contribution in [1.82, 2.24) is 10.2 Å². The molecule has 2 heterocycles. The molecule has 2 aliphatic heterocycles. The van der Waals surface area contributed by atoms with Crippen LogP contribution in [0.4, 0.5) is 4.79 Å². The van der Waals surface area contributed by atoms with Crippen LogP contribution in [0.2, 0.25) is 0 Å². The van der Waals surface area contributed by atoms with Crippen molar-refractivity contribution in [1.29, 1.82) is 0 Å². The monoisotopic (exact) mass is 256 g/mol. The predicted octanol–water partition coefficient (Wildman–Crippen LogP) is 0.812. The molecule has 2 fully saturated rings. The van der Waals surface area contributed by atoms with Gasteiger partial charge in [0.2, 0.25) is 0 Å². The first-order valence-electron chi connectivity index (χ1n) is 6.49. The van der Waals surface area contributed by atoms with E-state index in [4.69, 9.17) is 9.84 Å². The van der Waals surface area contributed by atoms with Crippen molar-refractivity contribution in [3.63, 3.8) is 0 Å². The average Bonchev–Trinajstić information content (AvgIpc) is 2.77. The van der Waals surface area contributed by atoms with Crippen LogP contribution in [0.15, 0.2) is 0 Å². The molecule has 2 unspecified atom stereocenters. The Balaban J connectivity index is 1.89. The van der Waals surface area contributed by atoms with Crippen LogP contribution < -0.4 is 5.32 Å². The molecule has 2 amide bonds. The lowest BCUT2D eigenvalue weighted by molar-refractivity contribution is -0.141. The Morgan fingerprint density at radius 3 is 2.83 bits per heavy atom. The molecule has 0 aliphatic carbocycles. The van der Waals surface area contributed by atoms with Crippen molar-refractivity contribution < 1.29 is 19.4 Å². The van der Waals surface area contributed by atoms with E-state index in [0.29, 0.717) is 19.6 Å². The topological polar surface area (TPSA) is 78.9 Å². The molecule has 2 N–H and O–H groups in total. The second-order valence-electron chi connectivity index (χ2n) is 5.04. The van der Waals surface area contributed by atoms with E-state index in [1.54, 1.807) is 0 Å². The number of amides is 2. The van der Waals surface area contributed by atoms with E-state index in [2.05, 4.69) is 5.32 Å². The van der Waals surface area contributed by atoms with Crippen molar-refractivity contribution in [2.24, 2.45) is 0 Å². The van der Waals surface area contributed by atoms with Gasteiger partial charge in [0.15, 0.2) is 0 Å². The standard InChI is InChI=1S/C12H20N2O4/c1-8-7-9(4-6-18-8)13-12(17)14-5-2-3-10(14)11(15)16/h8-10H,2-7H2,1H3,(H,13,17)(H,15,16)/t8?,9?,10-/m1/s1. The summed E-state index contributed by atoms with van der Waals surface area (Å²) in [6.07, 6.45) is 3.04. The summed E-state index contributed by atoms with van der Waals surface area (Å²) >= 11 is 0. The number of nitrogens with zero attached hydrogens (tertiary/aromatic N) is 1. The second kappa shape index (κ2) is 5.56. The molecule has 2 rings (SSSR count). The van der Waals surface area contributed by atoms with Crippen molar-refractivity contribution in [2.75, 3.05) is 13.2 Å². The van der Waals surface area contributed by atoms with E-state index in [9.17, 15) is 9.59 Å². The van der Waals surface area contributed by atoms with E-state index < -0.39 is 12.0 Å². The molecular formula is C12H20N2O4. The zero-order chi connectivity index (χ0) is 13.1. The minimum atomic E-state index is -0.914. The first kappa shape index (κ1) is 13.1. The van der Waals surface area contributed by atoms with Gasteiger partial charge in [-0.2, -0.15) is 0 Å². The summed E-state index contributed by atoms with van der Waals surface area (Å²) in [5.41, 5.74) is 0. The first-order chi connectivity index (χ1) is 8.58. The summed E-state index contributed by atoms with van der Waals surface area (Å²) in [4.78, 5) is 24.5.